The fraction of sp³-hybridized carbons (Fsp3) is 0.720. The molecule has 8 heteroatoms. The first-order valence-electron chi connectivity index (χ1n) is 12.5. The molecule has 1 saturated heterocycles. The quantitative estimate of drug-likeness (QED) is 0.497. The van der Waals surface area contributed by atoms with Crippen molar-refractivity contribution in [3.63, 3.8) is 0 Å². The van der Waals surface area contributed by atoms with Crippen LogP contribution >= 0.6 is 0 Å². The number of carbonyl (C=O) groups is 2. The Labute approximate surface area is 197 Å². The van der Waals surface area contributed by atoms with Crippen molar-refractivity contribution >= 4 is 11.9 Å². The number of nitrogens with one attached hydrogen (secondary N) is 2. The van der Waals surface area contributed by atoms with Gasteiger partial charge >= 0.3 is 6.03 Å². The van der Waals surface area contributed by atoms with Gasteiger partial charge in [0, 0.05) is 57.1 Å². The number of fused-ring (bicyclic) bond motifs is 4. The number of rotatable bonds is 11. The molecule has 2 aliphatic rings. The summed E-state index contributed by atoms with van der Waals surface area (Å²) in [6.45, 7) is 9.88. The molecule has 0 aliphatic carbocycles. The van der Waals surface area contributed by atoms with Gasteiger partial charge in [-0.3, -0.25) is 9.59 Å². The molecule has 0 unspecified atom stereocenters. The van der Waals surface area contributed by atoms with Crippen LogP contribution in [0.2, 0.25) is 0 Å². The van der Waals surface area contributed by atoms with Gasteiger partial charge in [-0.2, -0.15) is 0 Å². The van der Waals surface area contributed by atoms with Gasteiger partial charge in [0.15, 0.2) is 0 Å². The number of hydrogen-bond donors (Lipinski definition) is 2. The number of carbonyl (C=O) groups excluding carboxylic acids is 2. The molecule has 1 aromatic rings. The van der Waals surface area contributed by atoms with E-state index in [2.05, 4.69) is 17.6 Å². The van der Waals surface area contributed by atoms with Crippen molar-refractivity contribution in [1.82, 2.24) is 20.1 Å². The van der Waals surface area contributed by atoms with Crippen LogP contribution < -0.4 is 16.2 Å². The summed E-state index contributed by atoms with van der Waals surface area (Å²) in [7, 11) is 0. The summed E-state index contributed by atoms with van der Waals surface area (Å²) in [4.78, 5) is 40.1. The van der Waals surface area contributed by atoms with E-state index >= 15 is 0 Å². The molecule has 4 atom stereocenters. The van der Waals surface area contributed by atoms with Gasteiger partial charge in [-0.05, 0) is 37.2 Å². The Morgan fingerprint density at radius 3 is 2.70 bits per heavy atom. The van der Waals surface area contributed by atoms with E-state index in [1.165, 1.54) is 0 Å². The number of ether oxygens (including phenoxy) is 1. The minimum Gasteiger partial charge on any atom is -0.381 e. The normalized spacial score (nSPS) is 21.1. The van der Waals surface area contributed by atoms with Crippen LogP contribution in [0.5, 0.6) is 0 Å². The predicted molar refractivity (Wildman–Crippen MR) is 128 cm³/mol. The van der Waals surface area contributed by atoms with Gasteiger partial charge in [0.2, 0.25) is 5.91 Å². The number of piperidine rings is 1. The molecular weight excluding hydrogens is 420 g/mol. The van der Waals surface area contributed by atoms with Gasteiger partial charge < -0.3 is 24.8 Å². The Hall–Kier alpha value is -2.35. The molecule has 0 radical (unpaired) electrons. The maximum absolute atomic E-state index is 13.2. The molecule has 0 saturated carbocycles. The molecule has 1 fully saturated rings. The third kappa shape index (κ3) is 6.59. The van der Waals surface area contributed by atoms with Gasteiger partial charge in [0.25, 0.3) is 5.56 Å². The maximum atomic E-state index is 13.2. The van der Waals surface area contributed by atoms with E-state index in [1.54, 1.807) is 12.1 Å². The van der Waals surface area contributed by atoms with Crippen LogP contribution in [0.15, 0.2) is 23.0 Å². The molecule has 0 spiro atoms. The van der Waals surface area contributed by atoms with Crippen LogP contribution in [0, 0.1) is 11.8 Å². The van der Waals surface area contributed by atoms with Gasteiger partial charge in [-0.15, -0.1) is 0 Å². The number of aromatic nitrogens is 1. The molecule has 1 aromatic heterocycles. The molecule has 0 aromatic carbocycles. The number of pyridine rings is 1. The molecule has 8 nitrogen and oxygen atoms in total. The molecule has 3 heterocycles. The highest BCUT2D eigenvalue weighted by atomic mass is 16.5. The number of likely N-dealkylation sites (tertiary alicyclic amines) is 1. The third-order valence-electron chi connectivity index (χ3n) is 6.95. The second-order valence-corrected chi connectivity index (χ2v) is 9.53. The van der Waals surface area contributed by atoms with Gasteiger partial charge in [-0.1, -0.05) is 39.7 Å². The lowest BCUT2D eigenvalue weighted by molar-refractivity contribution is -0.124. The third-order valence-corrected chi connectivity index (χ3v) is 6.95. The SMILES string of the molecule is CCCCOCCCNC(=O)[C@@H](NC(=O)N1C[C@@H]2C[C@@H](C1)c1cccc(=O)n1C2)[C@H](C)CC. The van der Waals surface area contributed by atoms with E-state index in [1.807, 2.05) is 29.4 Å². The summed E-state index contributed by atoms with van der Waals surface area (Å²) in [5.41, 5.74) is 1.04. The highest BCUT2D eigenvalue weighted by Crippen LogP contribution is 2.34. The predicted octanol–water partition coefficient (Wildman–Crippen LogP) is 2.71. The van der Waals surface area contributed by atoms with Crippen molar-refractivity contribution in [2.24, 2.45) is 11.8 Å². The Kier molecular flexibility index (Phi) is 9.35. The van der Waals surface area contributed by atoms with Crippen LogP contribution in [0.3, 0.4) is 0 Å². The summed E-state index contributed by atoms with van der Waals surface area (Å²) in [5.74, 6) is 0.296. The van der Waals surface area contributed by atoms with Crippen molar-refractivity contribution in [2.45, 2.75) is 71.4 Å². The van der Waals surface area contributed by atoms with E-state index in [0.717, 1.165) is 44.4 Å². The number of unbranched alkanes of at least 4 members (excludes halogenated alkanes) is 1. The van der Waals surface area contributed by atoms with Crippen LogP contribution in [0.25, 0.3) is 0 Å². The second kappa shape index (κ2) is 12.2. The van der Waals surface area contributed by atoms with Crippen LogP contribution in [0.1, 0.15) is 64.5 Å². The van der Waals surface area contributed by atoms with Gasteiger partial charge in [0.1, 0.15) is 6.04 Å². The minimum atomic E-state index is -0.569. The zero-order chi connectivity index (χ0) is 23.8. The molecule has 2 bridgehead atoms. The molecule has 33 heavy (non-hydrogen) atoms. The van der Waals surface area contributed by atoms with E-state index in [-0.39, 0.29) is 35.3 Å². The molecule has 2 aliphatic heterocycles. The Morgan fingerprint density at radius 2 is 1.94 bits per heavy atom. The fourth-order valence-electron chi connectivity index (χ4n) is 4.83. The van der Waals surface area contributed by atoms with E-state index in [4.69, 9.17) is 4.74 Å². The molecular formula is C25H40N4O4. The average molecular weight is 461 g/mol. The van der Waals surface area contributed by atoms with Crippen molar-refractivity contribution in [1.29, 1.82) is 0 Å². The zero-order valence-corrected chi connectivity index (χ0v) is 20.3. The minimum absolute atomic E-state index is 0.0262. The van der Waals surface area contributed by atoms with Crippen molar-refractivity contribution in [2.75, 3.05) is 32.8 Å². The average Bonchev–Trinajstić information content (AvgIpc) is 2.81. The van der Waals surface area contributed by atoms with Crippen LogP contribution in [0.4, 0.5) is 4.79 Å². The first-order valence-corrected chi connectivity index (χ1v) is 12.5. The summed E-state index contributed by atoms with van der Waals surface area (Å²) in [6.07, 6.45) is 4.69. The monoisotopic (exact) mass is 460 g/mol. The highest BCUT2D eigenvalue weighted by molar-refractivity contribution is 5.87. The van der Waals surface area contributed by atoms with Crippen molar-refractivity contribution in [3.05, 3.63) is 34.2 Å². The number of amides is 3. The summed E-state index contributed by atoms with van der Waals surface area (Å²) in [6, 6.07) is 4.62. The Balaban J connectivity index is 1.55. The molecule has 184 valence electrons. The lowest BCUT2D eigenvalue weighted by atomic mass is 9.83. The standard InChI is InChI=1S/C25H40N4O4/c1-4-6-12-33-13-8-11-26-24(31)23(18(3)5-2)27-25(32)28-15-19-14-20(17-28)21-9-7-10-22(30)29(21)16-19/h7,9-10,18-20,23H,4-6,8,11-17H2,1-3H3,(H,26,31)(H,27,32)/t18-,19+,20+,23+/m1/s1. The lowest BCUT2D eigenvalue weighted by Crippen LogP contribution is -2.57. The van der Waals surface area contributed by atoms with Crippen molar-refractivity contribution in [3.8, 4) is 0 Å². The number of urea groups is 1. The van der Waals surface area contributed by atoms with E-state index in [0.29, 0.717) is 32.8 Å². The summed E-state index contributed by atoms with van der Waals surface area (Å²) < 4.78 is 7.41. The summed E-state index contributed by atoms with van der Waals surface area (Å²) >= 11 is 0. The summed E-state index contributed by atoms with van der Waals surface area (Å²) in [5, 5.41) is 5.97. The number of nitrogens with zero attached hydrogens (tertiary/aromatic N) is 2. The molecule has 3 amide bonds. The van der Waals surface area contributed by atoms with E-state index in [9.17, 15) is 14.4 Å². The van der Waals surface area contributed by atoms with Gasteiger partial charge in [-0.25, -0.2) is 4.79 Å². The zero-order valence-electron chi connectivity index (χ0n) is 20.3. The van der Waals surface area contributed by atoms with E-state index < -0.39 is 6.04 Å². The topological polar surface area (TPSA) is 92.7 Å². The first-order chi connectivity index (χ1) is 15.9. The first kappa shape index (κ1) is 25.3. The van der Waals surface area contributed by atoms with Crippen LogP contribution in [-0.2, 0) is 16.1 Å². The molecule has 2 N–H and O–H groups in total. The lowest BCUT2D eigenvalue weighted by Gasteiger charge is -2.43. The number of hydrogen-bond acceptors (Lipinski definition) is 4. The Morgan fingerprint density at radius 1 is 1.15 bits per heavy atom. The Bertz CT molecular complexity index is 855. The van der Waals surface area contributed by atoms with Gasteiger partial charge in [0.05, 0.1) is 0 Å². The maximum Gasteiger partial charge on any atom is 0.318 e. The van der Waals surface area contributed by atoms with Crippen molar-refractivity contribution < 1.29 is 14.3 Å². The largest absolute Gasteiger partial charge is 0.381 e. The second-order valence-electron chi connectivity index (χ2n) is 9.53. The smallest absolute Gasteiger partial charge is 0.318 e. The highest BCUT2D eigenvalue weighted by Gasteiger charge is 2.37. The molecule has 3 rings (SSSR count). The fourth-order valence-corrected chi connectivity index (χ4v) is 4.83. The van der Waals surface area contributed by atoms with Crippen LogP contribution in [-0.4, -0.2) is 60.3 Å².